The summed E-state index contributed by atoms with van der Waals surface area (Å²) in [5.74, 6) is 2.50. The molecule has 0 bridgehead atoms. The van der Waals surface area contributed by atoms with Crippen molar-refractivity contribution in [2.45, 2.75) is 38.8 Å². The van der Waals surface area contributed by atoms with Crippen LogP contribution in [0.4, 0.5) is 0 Å². The molecule has 5 nitrogen and oxygen atoms in total. The Kier molecular flexibility index (Phi) is 4.19. The fourth-order valence-electron chi connectivity index (χ4n) is 3.67. The molecule has 2 aliphatic heterocycles. The van der Waals surface area contributed by atoms with Crippen molar-refractivity contribution >= 4 is 0 Å². The van der Waals surface area contributed by atoms with Gasteiger partial charge in [-0.05, 0) is 17.5 Å². The van der Waals surface area contributed by atoms with Gasteiger partial charge < -0.3 is 23.8 Å². The van der Waals surface area contributed by atoms with Crippen molar-refractivity contribution in [3.8, 4) is 17.2 Å². The minimum atomic E-state index is -0.335. The number of fused-ring (bicyclic) bond motifs is 2. The topological polar surface area (TPSA) is 47.9 Å². The SMILES string of the molecule is COc1c2c(cc3c1C(CC(O)C(C)C)[N+](C)(C)CC3)OCO2. The molecule has 0 radical (unpaired) electrons. The van der Waals surface area contributed by atoms with Crippen LogP contribution < -0.4 is 14.2 Å². The number of benzene rings is 1. The van der Waals surface area contributed by atoms with Crippen molar-refractivity contribution in [2.24, 2.45) is 5.92 Å². The fraction of sp³-hybridized carbons (Fsp3) is 0.667. The zero-order chi connectivity index (χ0) is 16.8. The Morgan fingerprint density at radius 1 is 1.35 bits per heavy atom. The maximum absolute atomic E-state index is 10.5. The number of methoxy groups -OCH3 is 1. The van der Waals surface area contributed by atoms with E-state index < -0.39 is 0 Å². The van der Waals surface area contributed by atoms with E-state index in [1.54, 1.807) is 7.11 Å². The summed E-state index contributed by atoms with van der Waals surface area (Å²) in [7, 11) is 6.14. The van der Waals surface area contributed by atoms with Gasteiger partial charge in [0.2, 0.25) is 12.5 Å². The predicted octanol–water partition coefficient (Wildman–Crippen LogP) is 2.50. The van der Waals surface area contributed by atoms with E-state index in [1.807, 2.05) is 0 Å². The van der Waals surface area contributed by atoms with Gasteiger partial charge in [-0.25, -0.2) is 0 Å². The zero-order valence-electron chi connectivity index (χ0n) is 14.8. The highest BCUT2D eigenvalue weighted by molar-refractivity contribution is 5.61. The molecule has 0 spiro atoms. The Balaban J connectivity index is 2.10. The quantitative estimate of drug-likeness (QED) is 0.865. The van der Waals surface area contributed by atoms with Crippen molar-refractivity contribution in [3.05, 3.63) is 17.2 Å². The van der Waals surface area contributed by atoms with E-state index in [1.165, 1.54) is 11.1 Å². The molecule has 128 valence electrons. The first kappa shape index (κ1) is 16.4. The van der Waals surface area contributed by atoms with Gasteiger partial charge in [-0.2, -0.15) is 0 Å². The van der Waals surface area contributed by atoms with E-state index in [-0.39, 0.29) is 24.9 Å². The summed E-state index contributed by atoms with van der Waals surface area (Å²) in [5, 5.41) is 10.5. The summed E-state index contributed by atoms with van der Waals surface area (Å²) in [5.41, 5.74) is 2.43. The molecule has 0 saturated carbocycles. The fourth-order valence-corrected chi connectivity index (χ4v) is 3.67. The molecule has 1 aromatic carbocycles. The van der Waals surface area contributed by atoms with E-state index in [9.17, 15) is 5.11 Å². The molecule has 5 heteroatoms. The lowest BCUT2D eigenvalue weighted by Crippen LogP contribution is -2.49. The van der Waals surface area contributed by atoms with Gasteiger partial charge in [0.15, 0.2) is 11.5 Å². The van der Waals surface area contributed by atoms with Gasteiger partial charge in [0, 0.05) is 12.8 Å². The average molecular weight is 322 g/mol. The number of hydrogen-bond donors (Lipinski definition) is 1. The van der Waals surface area contributed by atoms with Gasteiger partial charge in [0.25, 0.3) is 0 Å². The third-order valence-electron chi connectivity index (χ3n) is 5.32. The van der Waals surface area contributed by atoms with Gasteiger partial charge in [-0.3, -0.25) is 0 Å². The monoisotopic (exact) mass is 322 g/mol. The van der Waals surface area contributed by atoms with Gasteiger partial charge >= 0.3 is 0 Å². The largest absolute Gasteiger partial charge is 0.492 e. The molecule has 1 N–H and O–H groups in total. The Morgan fingerprint density at radius 3 is 2.74 bits per heavy atom. The van der Waals surface area contributed by atoms with Crippen LogP contribution in [0, 0.1) is 5.92 Å². The summed E-state index contributed by atoms with van der Waals surface area (Å²) < 4.78 is 17.8. The molecule has 0 fully saturated rings. The van der Waals surface area contributed by atoms with Gasteiger partial charge in [0.1, 0.15) is 6.04 Å². The average Bonchev–Trinajstić information content (AvgIpc) is 2.95. The molecular formula is C18H28NO4+. The van der Waals surface area contributed by atoms with E-state index in [2.05, 4.69) is 34.0 Å². The van der Waals surface area contributed by atoms with Crippen LogP contribution in [0.15, 0.2) is 6.07 Å². The second-order valence-corrected chi connectivity index (χ2v) is 7.53. The van der Waals surface area contributed by atoms with Crippen LogP contribution in [0.3, 0.4) is 0 Å². The Morgan fingerprint density at radius 2 is 2.09 bits per heavy atom. The predicted molar refractivity (Wildman–Crippen MR) is 88.0 cm³/mol. The third kappa shape index (κ3) is 2.76. The first-order valence-electron chi connectivity index (χ1n) is 8.35. The maximum Gasteiger partial charge on any atom is 0.231 e. The molecule has 0 aliphatic carbocycles. The lowest BCUT2D eigenvalue weighted by Gasteiger charge is -2.44. The number of ether oxygens (including phenoxy) is 3. The molecule has 0 aromatic heterocycles. The van der Waals surface area contributed by atoms with Crippen LogP contribution in [0.1, 0.15) is 37.4 Å². The van der Waals surface area contributed by atoms with Gasteiger partial charge in [0.05, 0.1) is 39.4 Å². The van der Waals surface area contributed by atoms with Crippen molar-refractivity contribution in [3.63, 3.8) is 0 Å². The van der Waals surface area contributed by atoms with Crippen molar-refractivity contribution in [2.75, 3.05) is 34.5 Å². The number of aliphatic hydroxyl groups is 1. The van der Waals surface area contributed by atoms with E-state index in [4.69, 9.17) is 14.2 Å². The lowest BCUT2D eigenvalue weighted by atomic mass is 9.85. The minimum absolute atomic E-state index is 0.181. The Hall–Kier alpha value is -1.46. The maximum atomic E-state index is 10.5. The number of hydrogen-bond acceptors (Lipinski definition) is 4. The molecule has 23 heavy (non-hydrogen) atoms. The summed E-state index contributed by atoms with van der Waals surface area (Å²) in [6.45, 7) is 5.40. The third-order valence-corrected chi connectivity index (χ3v) is 5.32. The van der Waals surface area contributed by atoms with Crippen molar-refractivity contribution < 1.29 is 23.8 Å². The van der Waals surface area contributed by atoms with E-state index >= 15 is 0 Å². The number of likely N-dealkylation sites (N-methyl/N-ethyl adjacent to an activating group) is 1. The van der Waals surface area contributed by atoms with Crippen LogP contribution in [-0.4, -0.2) is 50.2 Å². The Labute approximate surface area is 138 Å². The molecule has 2 atom stereocenters. The van der Waals surface area contributed by atoms with Crippen molar-refractivity contribution in [1.82, 2.24) is 0 Å². The number of nitrogens with zero attached hydrogens (tertiary/aromatic N) is 1. The molecule has 0 saturated heterocycles. The highest BCUT2D eigenvalue weighted by Crippen LogP contribution is 2.51. The number of aliphatic hydroxyl groups excluding tert-OH is 1. The lowest BCUT2D eigenvalue weighted by molar-refractivity contribution is -0.924. The molecule has 2 aliphatic rings. The van der Waals surface area contributed by atoms with Crippen LogP contribution in [0.2, 0.25) is 0 Å². The highest BCUT2D eigenvalue weighted by Gasteiger charge is 2.42. The summed E-state index contributed by atoms with van der Waals surface area (Å²) in [4.78, 5) is 0. The molecule has 2 heterocycles. The minimum Gasteiger partial charge on any atom is -0.492 e. The molecule has 3 rings (SSSR count). The molecule has 2 unspecified atom stereocenters. The first-order valence-corrected chi connectivity index (χ1v) is 8.35. The van der Waals surface area contributed by atoms with Crippen LogP contribution in [0.5, 0.6) is 17.2 Å². The second kappa shape index (κ2) is 5.87. The number of rotatable bonds is 4. The van der Waals surface area contributed by atoms with Gasteiger partial charge in [-0.1, -0.05) is 13.8 Å². The smallest absolute Gasteiger partial charge is 0.231 e. The van der Waals surface area contributed by atoms with Crippen LogP contribution in [0.25, 0.3) is 0 Å². The normalized spacial score (nSPS) is 22.8. The zero-order valence-corrected chi connectivity index (χ0v) is 14.8. The standard InChI is InChI=1S/C18H28NO4/c1-11(2)14(20)9-13-16-12(6-7-19(13,3)4)8-15-17(18(16)21-5)23-10-22-15/h8,11,13-14,20H,6-7,9-10H2,1-5H3/q+1. The first-order chi connectivity index (χ1) is 10.8. The van der Waals surface area contributed by atoms with E-state index in [0.29, 0.717) is 12.2 Å². The summed E-state index contributed by atoms with van der Waals surface area (Å²) in [6, 6.07) is 2.27. The second-order valence-electron chi connectivity index (χ2n) is 7.53. The number of quaternary nitrogens is 1. The Bertz CT molecular complexity index is 597. The van der Waals surface area contributed by atoms with Gasteiger partial charge in [-0.15, -0.1) is 0 Å². The summed E-state index contributed by atoms with van der Waals surface area (Å²) >= 11 is 0. The van der Waals surface area contributed by atoms with Crippen LogP contribution >= 0.6 is 0 Å². The van der Waals surface area contributed by atoms with Crippen LogP contribution in [-0.2, 0) is 6.42 Å². The molecule has 1 aromatic rings. The summed E-state index contributed by atoms with van der Waals surface area (Å²) in [6.07, 6.45) is 1.36. The highest BCUT2D eigenvalue weighted by atomic mass is 16.7. The molecular weight excluding hydrogens is 294 g/mol. The van der Waals surface area contributed by atoms with E-state index in [0.717, 1.165) is 28.9 Å². The van der Waals surface area contributed by atoms with Crippen molar-refractivity contribution in [1.29, 1.82) is 0 Å². The molecule has 0 amide bonds.